The quantitative estimate of drug-likeness (QED) is 0.852. The predicted molar refractivity (Wildman–Crippen MR) is 102 cm³/mol. The molecule has 0 bridgehead atoms. The van der Waals surface area contributed by atoms with Gasteiger partial charge in [-0.1, -0.05) is 31.2 Å². The molecule has 1 heterocycles. The zero-order chi connectivity index (χ0) is 19.6. The second-order valence-electron chi connectivity index (χ2n) is 6.37. The van der Waals surface area contributed by atoms with E-state index in [-0.39, 0.29) is 17.8 Å². The third-order valence-electron chi connectivity index (χ3n) is 4.22. The van der Waals surface area contributed by atoms with Crippen molar-refractivity contribution in [3.8, 4) is 0 Å². The van der Waals surface area contributed by atoms with Gasteiger partial charge in [0.15, 0.2) is 0 Å². The van der Waals surface area contributed by atoms with Crippen LogP contribution in [0.2, 0.25) is 0 Å². The van der Waals surface area contributed by atoms with Crippen molar-refractivity contribution in [2.45, 2.75) is 25.8 Å². The molecular weight excluding hydrogens is 369 g/mol. The molecule has 0 aromatic heterocycles. The van der Waals surface area contributed by atoms with E-state index in [1.165, 1.54) is 17.1 Å². The van der Waals surface area contributed by atoms with E-state index in [0.717, 1.165) is 17.4 Å². The fourth-order valence-electron chi connectivity index (χ4n) is 3.00. The molecule has 2 aromatic carbocycles. The molecule has 0 unspecified atom stereocenters. The molecule has 6 nitrogen and oxygen atoms in total. The van der Waals surface area contributed by atoms with Gasteiger partial charge >= 0.3 is 0 Å². The lowest BCUT2D eigenvalue weighted by Crippen LogP contribution is -2.26. The SMILES string of the molecule is CCC(=O)N1N=C(c2cccc(NS(C)(=O)=O)c2)C[C@H]1c1ccc(F)cc1. The average molecular weight is 389 g/mol. The van der Waals surface area contributed by atoms with Crippen molar-refractivity contribution < 1.29 is 17.6 Å². The number of hydrazone groups is 1. The number of benzene rings is 2. The van der Waals surface area contributed by atoms with Crippen LogP contribution in [0.4, 0.5) is 10.1 Å². The molecule has 0 saturated heterocycles. The third kappa shape index (κ3) is 4.51. The fraction of sp³-hybridized carbons (Fsp3) is 0.263. The Balaban J connectivity index is 1.93. The summed E-state index contributed by atoms with van der Waals surface area (Å²) in [6, 6.07) is 12.6. The average Bonchev–Trinajstić information content (AvgIpc) is 3.06. The Labute approximate surface area is 157 Å². The normalized spacial score (nSPS) is 16.9. The lowest BCUT2D eigenvalue weighted by molar-refractivity contribution is -0.132. The molecule has 0 radical (unpaired) electrons. The van der Waals surface area contributed by atoms with Crippen LogP contribution < -0.4 is 4.72 Å². The first-order chi connectivity index (χ1) is 12.8. The number of hydrogen-bond acceptors (Lipinski definition) is 4. The molecule has 1 aliphatic heterocycles. The lowest BCUT2D eigenvalue weighted by Gasteiger charge is -2.21. The van der Waals surface area contributed by atoms with Crippen LogP contribution in [0.1, 0.15) is 36.9 Å². The van der Waals surface area contributed by atoms with Gasteiger partial charge in [0.1, 0.15) is 5.82 Å². The van der Waals surface area contributed by atoms with Gasteiger partial charge in [0.25, 0.3) is 0 Å². The summed E-state index contributed by atoms with van der Waals surface area (Å²) < 4.78 is 38.6. The second-order valence-corrected chi connectivity index (χ2v) is 8.11. The number of rotatable bonds is 5. The van der Waals surface area contributed by atoms with E-state index >= 15 is 0 Å². The number of halogens is 1. The molecule has 0 aliphatic carbocycles. The molecule has 2 aromatic rings. The van der Waals surface area contributed by atoms with E-state index in [1.54, 1.807) is 37.3 Å². The Kier molecular flexibility index (Phi) is 5.27. The Morgan fingerprint density at radius 1 is 1.26 bits per heavy atom. The van der Waals surface area contributed by atoms with Crippen molar-refractivity contribution >= 4 is 27.3 Å². The number of nitrogens with one attached hydrogen (secondary N) is 1. The topological polar surface area (TPSA) is 78.8 Å². The van der Waals surface area contributed by atoms with Gasteiger partial charge < -0.3 is 0 Å². The molecule has 3 rings (SSSR count). The van der Waals surface area contributed by atoms with Gasteiger partial charge in [-0.15, -0.1) is 0 Å². The minimum atomic E-state index is -3.39. The first kappa shape index (κ1) is 19.0. The van der Waals surface area contributed by atoms with E-state index in [1.807, 2.05) is 6.07 Å². The van der Waals surface area contributed by atoms with Crippen LogP contribution in [-0.2, 0) is 14.8 Å². The second kappa shape index (κ2) is 7.48. The summed E-state index contributed by atoms with van der Waals surface area (Å²) in [7, 11) is -3.39. The number of nitrogens with zero attached hydrogens (tertiary/aromatic N) is 2. The van der Waals surface area contributed by atoms with Crippen molar-refractivity contribution in [2.75, 3.05) is 11.0 Å². The Hall–Kier alpha value is -2.74. The summed E-state index contributed by atoms with van der Waals surface area (Å²) >= 11 is 0. The number of carbonyl (C=O) groups is 1. The summed E-state index contributed by atoms with van der Waals surface area (Å²) in [5, 5.41) is 5.91. The molecule has 1 aliphatic rings. The maximum Gasteiger partial charge on any atom is 0.242 e. The standard InChI is InChI=1S/C19H20FN3O3S/c1-3-19(24)23-18(13-7-9-15(20)10-8-13)12-17(21-23)14-5-4-6-16(11-14)22-27(2,25)26/h4-11,18,22H,3,12H2,1-2H3/t18-/m0/s1. The minimum absolute atomic E-state index is 0.134. The highest BCUT2D eigenvalue weighted by molar-refractivity contribution is 7.92. The van der Waals surface area contributed by atoms with Crippen LogP contribution in [0.3, 0.4) is 0 Å². The van der Waals surface area contributed by atoms with Gasteiger partial charge in [-0.3, -0.25) is 9.52 Å². The van der Waals surface area contributed by atoms with Gasteiger partial charge in [-0.2, -0.15) is 5.10 Å². The molecule has 1 amide bonds. The Morgan fingerprint density at radius 3 is 2.59 bits per heavy atom. The van der Waals surface area contributed by atoms with Gasteiger partial charge in [-0.25, -0.2) is 17.8 Å². The number of sulfonamides is 1. The summed E-state index contributed by atoms with van der Waals surface area (Å²) in [6.07, 6.45) is 1.84. The van der Waals surface area contributed by atoms with E-state index in [4.69, 9.17) is 0 Å². The summed E-state index contributed by atoms with van der Waals surface area (Å²) in [5.74, 6) is -0.476. The maximum atomic E-state index is 13.3. The van der Waals surface area contributed by atoms with Crippen LogP contribution in [0.15, 0.2) is 53.6 Å². The first-order valence-corrected chi connectivity index (χ1v) is 10.4. The van der Waals surface area contributed by atoms with Gasteiger partial charge in [-0.05, 0) is 35.4 Å². The van der Waals surface area contributed by atoms with Crippen molar-refractivity contribution in [1.82, 2.24) is 5.01 Å². The molecular formula is C19H20FN3O3S. The molecule has 1 atom stereocenters. The molecule has 0 spiro atoms. The minimum Gasteiger partial charge on any atom is -0.284 e. The monoisotopic (exact) mass is 389 g/mol. The van der Waals surface area contributed by atoms with Crippen molar-refractivity contribution in [3.05, 3.63) is 65.5 Å². The van der Waals surface area contributed by atoms with Crippen LogP contribution in [0, 0.1) is 5.82 Å². The fourth-order valence-corrected chi connectivity index (χ4v) is 3.55. The smallest absolute Gasteiger partial charge is 0.242 e. The largest absolute Gasteiger partial charge is 0.284 e. The van der Waals surface area contributed by atoms with Gasteiger partial charge in [0.2, 0.25) is 15.9 Å². The van der Waals surface area contributed by atoms with Crippen molar-refractivity contribution in [3.63, 3.8) is 0 Å². The number of amides is 1. The highest BCUT2D eigenvalue weighted by atomic mass is 32.2. The molecule has 27 heavy (non-hydrogen) atoms. The van der Waals surface area contributed by atoms with Crippen LogP contribution >= 0.6 is 0 Å². The van der Waals surface area contributed by atoms with Crippen molar-refractivity contribution in [2.24, 2.45) is 5.10 Å². The predicted octanol–water partition coefficient (Wildman–Crippen LogP) is 3.28. The molecule has 0 fully saturated rings. The van der Waals surface area contributed by atoms with Gasteiger partial charge in [0.05, 0.1) is 18.0 Å². The summed E-state index contributed by atoms with van der Waals surface area (Å²) in [5.41, 5.74) is 2.61. The van der Waals surface area contributed by atoms with Crippen LogP contribution in [0.5, 0.6) is 0 Å². The zero-order valence-corrected chi connectivity index (χ0v) is 15.8. The van der Waals surface area contributed by atoms with E-state index in [2.05, 4.69) is 9.82 Å². The maximum absolute atomic E-state index is 13.3. The molecule has 8 heteroatoms. The van der Waals surface area contributed by atoms with E-state index in [0.29, 0.717) is 24.2 Å². The molecule has 142 valence electrons. The highest BCUT2D eigenvalue weighted by Gasteiger charge is 2.32. The Morgan fingerprint density at radius 2 is 1.96 bits per heavy atom. The third-order valence-corrected chi connectivity index (χ3v) is 4.83. The molecule has 0 saturated carbocycles. The first-order valence-electron chi connectivity index (χ1n) is 8.50. The van der Waals surface area contributed by atoms with Crippen LogP contribution in [-0.4, -0.2) is 31.3 Å². The Bertz CT molecular complexity index is 988. The van der Waals surface area contributed by atoms with Gasteiger partial charge in [0, 0.05) is 18.5 Å². The van der Waals surface area contributed by atoms with Crippen LogP contribution in [0.25, 0.3) is 0 Å². The summed E-state index contributed by atoms with van der Waals surface area (Å²) in [4.78, 5) is 12.3. The van der Waals surface area contributed by atoms with E-state index in [9.17, 15) is 17.6 Å². The van der Waals surface area contributed by atoms with E-state index < -0.39 is 10.0 Å². The highest BCUT2D eigenvalue weighted by Crippen LogP contribution is 2.33. The lowest BCUT2D eigenvalue weighted by atomic mass is 9.98. The summed E-state index contributed by atoms with van der Waals surface area (Å²) in [6.45, 7) is 1.76. The number of anilines is 1. The number of hydrogen-bond donors (Lipinski definition) is 1. The zero-order valence-electron chi connectivity index (χ0n) is 15.0. The molecule has 1 N–H and O–H groups in total. The van der Waals surface area contributed by atoms with Crippen molar-refractivity contribution in [1.29, 1.82) is 0 Å². The number of carbonyl (C=O) groups excluding carboxylic acids is 1.